The second-order valence-electron chi connectivity index (χ2n) is 3.21. The lowest BCUT2D eigenvalue weighted by molar-refractivity contribution is 0.572. The van der Waals surface area contributed by atoms with E-state index in [1.807, 2.05) is 25.1 Å². The standard InChI is InChI=1S/C11H9BrClNO/c1-7-3-2-4-9(12)10(7)11-14-8(5-13)6-15-11/h2-4,6H,5H2,1H3. The third-order valence-corrected chi connectivity index (χ3v) is 3.06. The van der Waals surface area contributed by atoms with Crippen molar-refractivity contribution in [1.29, 1.82) is 0 Å². The fraction of sp³-hybridized carbons (Fsp3) is 0.182. The van der Waals surface area contributed by atoms with E-state index in [-0.39, 0.29) is 0 Å². The van der Waals surface area contributed by atoms with E-state index in [9.17, 15) is 0 Å². The smallest absolute Gasteiger partial charge is 0.227 e. The van der Waals surface area contributed by atoms with E-state index in [0.29, 0.717) is 11.8 Å². The van der Waals surface area contributed by atoms with Gasteiger partial charge in [0, 0.05) is 4.47 Å². The highest BCUT2D eigenvalue weighted by Crippen LogP contribution is 2.30. The molecule has 78 valence electrons. The van der Waals surface area contributed by atoms with Gasteiger partial charge in [-0.05, 0) is 34.5 Å². The van der Waals surface area contributed by atoms with Crippen LogP contribution in [0.15, 0.2) is 33.4 Å². The van der Waals surface area contributed by atoms with Gasteiger partial charge in [0.05, 0.1) is 17.1 Å². The summed E-state index contributed by atoms with van der Waals surface area (Å²) in [7, 11) is 0. The molecule has 1 aromatic heterocycles. The number of oxazole rings is 1. The molecule has 0 aliphatic rings. The molecule has 0 amide bonds. The van der Waals surface area contributed by atoms with Gasteiger partial charge in [-0.2, -0.15) is 0 Å². The SMILES string of the molecule is Cc1cccc(Br)c1-c1nc(CCl)co1. The van der Waals surface area contributed by atoms with Crippen LogP contribution >= 0.6 is 27.5 Å². The number of nitrogens with zero attached hydrogens (tertiary/aromatic N) is 1. The lowest BCUT2D eigenvalue weighted by Gasteiger charge is -2.03. The summed E-state index contributed by atoms with van der Waals surface area (Å²) in [6, 6.07) is 5.96. The van der Waals surface area contributed by atoms with Gasteiger partial charge in [0.15, 0.2) is 0 Å². The first kappa shape index (κ1) is 10.7. The molecule has 1 heterocycles. The van der Waals surface area contributed by atoms with E-state index in [1.165, 1.54) is 0 Å². The zero-order valence-corrected chi connectivity index (χ0v) is 10.5. The molecule has 1 aromatic carbocycles. The zero-order chi connectivity index (χ0) is 10.8. The van der Waals surface area contributed by atoms with Crippen LogP contribution < -0.4 is 0 Å². The molecule has 4 heteroatoms. The molecule has 0 atom stereocenters. The Morgan fingerprint density at radius 2 is 2.27 bits per heavy atom. The molecule has 0 fully saturated rings. The predicted octanol–water partition coefficient (Wildman–Crippen LogP) is 4.15. The van der Waals surface area contributed by atoms with E-state index >= 15 is 0 Å². The Bertz CT molecular complexity index is 461. The molecule has 0 N–H and O–H groups in total. The van der Waals surface area contributed by atoms with Crippen molar-refractivity contribution < 1.29 is 4.42 Å². The lowest BCUT2D eigenvalue weighted by Crippen LogP contribution is -1.85. The summed E-state index contributed by atoms with van der Waals surface area (Å²) in [6.45, 7) is 2.02. The fourth-order valence-corrected chi connectivity index (χ4v) is 2.14. The minimum absolute atomic E-state index is 0.368. The van der Waals surface area contributed by atoms with Crippen molar-refractivity contribution >= 4 is 27.5 Å². The lowest BCUT2D eigenvalue weighted by atomic mass is 10.1. The summed E-state index contributed by atoms with van der Waals surface area (Å²) in [5.41, 5.74) is 2.85. The number of alkyl halides is 1. The van der Waals surface area contributed by atoms with Crippen molar-refractivity contribution in [2.45, 2.75) is 12.8 Å². The Morgan fingerprint density at radius 1 is 1.47 bits per heavy atom. The first-order valence-corrected chi connectivity index (χ1v) is 5.81. The topological polar surface area (TPSA) is 26.0 Å². The summed E-state index contributed by atoms with van der Waals surface area (Å²) in [6.07, 6.45) is 1.58. The van der Waals surface area contributed by atoms with Crippen LogP contribution in [-0.4, -0.2) is 4.98 Å². The van der Waals surface area contributed by atoms with Crippen LogP contribution in [0.2, 0.25) is 0 Å². The molecule has 0 radical (unpaired) electrons. The quantitative estimate of drug-likeness (QED) is 0.775. The van der Waals surface area contributed by atoms with Gasteiger partial charge >= 0.3 is 0 Å². The van der Waals surface area contributed by atoms with Gasteiger partial charge in [-0.25, -0.2) is 4.98 Å². The molecule has 0 saturated heterocycles. The van der Waals surface area contributed by atoms with Crippen LogP contribution in [0, 0.1) is 6.92 Å². The molecule has 0 spiro atoms. The summed E-state index contributed by atoms with van der Waals surface area (Å²) >= 11 is 9.16. The third kappa shape index (κ3) is 2.08. The van der Waals surface area contributed by atoms with Gasteiger partial charge in [-0.15, -0.1) is 11.6 Å². The first-order valence-electron chi connectivity index (χ1n) is 4.48. The molecule has 0 saturated carbocycles. The number of halogens is 2. The van der Waals surface area contributed by atoms with Gasteiger partial charge in [-0.3, -0.25) is 0 Å². The fourth-order valence-electron chi connectivity index (χ4n) is 1.39. The minimum Gasteiger partial charge on any atom is -0.444 e. The molecular formula is C11H9BrClNO. The summed E-state index contributed by atoms with van der Waals surface area (Å²) in [4.78, 5) is 4.29. The molecular weight excluding hydrogens is 277 g/mol. The third-order valence-electron chi connectivity index (χ3n) is 2.12. The maximum atomic E-state index is 5.67. The Morgan fingerprint density at radius 3 is 2.87 bits per heavy atom. The van der Waals surface area contributed by atoms with Crippen LogP contribution in [0.1, 0.15) is 11.3 Å². The van der Waals surface area contributed by atoms with E-state index in [2.05, 4.69) is 20.9 Å². The van der Waals surface area contributed by atoms with Crippen molar-refractivity contribution in [2.75, 3.05) is 0 Å². The van der Waals surface area contributed by atoms with E-state index in [0.717, 1.165) is 21.3 Å². The summed E-state index contributed by atoms with van der Waals surface area (Å²) in [5.74, 6) is 0.975. The van der Waals surface area contributed by atoms with E-state index in [1.54, 1.807) is 6.26 Å². The Balaban J connectivity index is 2.53. The van der Waals surface area contributed by atoms with Crippen LogP contribution in [0.5, 0.6) is 0 Å². The van der Waals surface area contributed by atoms with Gasteiger partial charge in [-0.1, -0.05) is 12.1 Å². The highest BCUT2D eigenvalue weighted by molar-refractivity contribution is 9.10. The summed E-state index contributed by atoms with van der Waals surface area (Å²) in [5, 5.41) is 0. The van der Waals surface area contributed by atoms with E-state index in [4.69, 9.17) is 16.0 Å². The monoisotopic (exact) mass is 285 g/mol. The number of benzene rings is 1. The van der Waals surface area contributed by atoms with Gasteiger partial charge < -0.3 is 4.42 Å². The first-order chi connectivity index (χ1) is 7.22. The molecule has 0 unspecified atom stereocenters. The van der Waals surface area contributed by atoms with Crippen LogP contribution in [-0.2, 0) is 5.88 Å². The number of aryl methyl sites for hydroxylation is 1. The molecule has 0 aliphatic heterocycles. The second kappa shape index (κ2) is 4.37. The molecule has 2 nitrogen and oxygen atoms in total. The van der Waals surface area contributed by atoms with Crippen molar-refractivity contribution in [3.8, 4) is 11.5 Å². The molecule has 0 bridgehead atoms. The molecule has 2 rings (SSSR count). The maximum Gasteiger partial charge on any atom is 0.227 e. The molecule has 2 aromatic rings. The number of aromatic nitrogens is 1. The van der Waals surface area contributed by atoms with E-state index < -0.39 is 0 Å². The van der Waals surface area contributed by atoms with Crippen LogP contribution in [0.4, 0.5) is 0 Å². The largest absolute Gasteiger partial charge is 0.444 e. The average Bonchev–Trinajstić information content (AvgIpc) is 2.66. The minimum atomic E-state index is 0.368. The Kier molecular flexibility index (Phi) is 3.12. The number of hydrogen-bond acceptors (Lipinski definition) is 2. The van der Waals surface area contributed by atoms with Crippen molar-refractivity contribution in [1.82, 2.24) is 4.98 Å². The zero-order valence-electron chi connectivity index (χ0n) is 8.13. The van der Waals surface area contributed by atoms with Crippen molar-refractivity contribution in [3.63, 3.8) is 0 Å². The summed E-state index contributed by atoms with van der Waals surface area (Å²) < 4.78 is 6.35. The van der Waals surface area contributed by atoms with Gasteiger partial charge in [0.25, 0.3) is 0 Å². The highest BCUT2D eigenvalue weighted by Gasteiger charge is 2.11. The number of hydrogen-bond donors (Lipinski definition) is 0. The maximum absolute atomic E-state index is 5.67. The molecule has 15 heavy (non-hydrogen) atoms. The number of rotatable bonds is 2. The van der Waals surface area contributed by atoms with Crippen LogP contribution in [0.3, 0.4) is 0 Å². The van der Waals surface area contributed by atoms with Crippen LogP contribution in [0.25, 0.3) is 11.5 Å². The van der Waals surface area contributed by atoms with Crippen molar-refractivity contribution in [3.05, 3.63) is 40.2 Å². The Labute approximate surface area is 101 Å². The molecule has 0 aliphatic carbocycles. The van der Waals surface area contributed by atoms with Gasteiger partial charge in [0.1, 0.15) is 6.26 Å². The second-order valence-corrected chi connectivity index (χ2v) is 4.33. The highest BCUT2D eigenvalue weighted by atomic mass is 79.9. The van der Waals surface area contributed by atoms with Gasteiger partial charge in [0.2, 0.25) is 5.89 Å². The predicted molar refractivity (Wildman–Crippen MR) is 63.9 cm³/mol. The average molecular weight is 287 g/mol. The van der Waals surface area contributed by atoms with Crippen molar-refractivity contribution in [2.24, 2.45) is 0 Å². The normalized spacial score (nSPS) is 10.6. The Hall–Kier alpha value is -0.800.